The van der Waals surface area contributed by atoms with Gasteiger partial charge in [-0.15, -0.1) is 5.10 Å². The number of aromatic nitrogens is 4. The molecule has 0 fully saturated rings. The Kier molecular flexibility index (Phi) is 2.44. The van der Waals surface area contributed by atoms with Gasteiger partial charge in [-0.1, -0.05) is 6.07 Å². The molecule has 4 aromatic rings. The lowest BCUT2D eigenvalue weighted by molar-refractivity contribution is 0.628. The summed E-state index contributed by atoms with van der Waals surface area (Å²) in [4.78, 5) is 8.46. The van der Waals surface area contributed by atoms with Gasteiger partial charge in [-0.2, -0.15) is 0 Å². The molecule has 2 aromatic carbocycles. The molecule has 0 aliphatic heterocycles. The minimum absolute atomic E-state index is 0.253. The molecule has 0 bridgehead atoms. The van der Waals surface area contributed by atoms with E-state index in [2.05, 4.69) is 15.1 Å². The van der Waals surface area contributed by atoms with Gasteiger partial charge in [0.2, 0.25) is 0 Å². The van der Waals surface area contributed by atoms with Crippen LogP contribution in [0.3, 0.4) is 0 Å². The third-order valence-electron chi connectivity index (χ3n) is 3.26. The van der Waals surface area contributed by atoms with Crippen LogP contribution in [0.4, 0.5) is 8.78 Å². The van der Waals surface area contributed by atoms with Crippen molar-refractivity contribution >= 4 is 16.6 Å². The normalized spacial score (nSPS) is 11.3. The maximum absolute atomic E-state index is 13.7. The van der Waals surface area contributed by atoms with Gasteiger partial charge in [0.1, 0.15) is 23.5 Å². The van der Waals surface area contributed by atoms with E-state index >= 15 is 0 Å². The van der Waals surface area contributed by atoms with Crippen molar-refractivity contribution in [2.24, 2.45) is 0 Å². The SMILES string of the molecule is Fc1ccc(-c2nc3c4cccc(F)c4ncn3n2)cc1. The molecule has 4 nitrogen and oxygen atoms in total. The van der Waals surface area contributed by atoms with Crippen LogP contribution in [0.5, 0.6) is 0 Å². The summed E-state index contributed by atoms with van der Waals surface area (Å²) in [7, 11) is 0. The number of nitrogens with zero attached hydrogens (tertiary/aromatic N) is 4. The van der Waals surface area contributed by atoms with Gasteiger partial charge in [0, 0.05) is 10.9 Å². The molecule has 0 saturated carbocycles. The van der Waals surface area contributed by atoms with Gasteiger partial charge in [-0.3, -0.25) is 0 Å². The average molecular weight is 282 g/mol. The van der Waals surface area contributed by atoms with Crippen molar-refractivity contribution in [1.29, 1.82) is 0 Å². The van der Waals surface area contributed by atoms with E-state index < -0.39 is 5.82 Å². The molecular formula is C15H8F2N4. The fourth-order valence-corrected chi connectivity index (χ4v) is 2.25. The van der Waals surface area contributed by atoms with Crippen molar-refractivity contribution in [1.82, 2.24) is 19.6 Å². The standard InChI is InChI=1S/C15H8F2N4/c16-10-6-4-9(5-7-10)14-19-15-11-2-1-3-12(17)13(11)18-8-21(15)20-14/h1-8H. The summed E-state index contributed by atoms with van der Waals surface area (Å²) < 4.78 is 28.2. The van der Waals surface area contributed by atoms with E-state index in [1.54, 1.807) is 24.3 Å². The molecule has 0 aliphatic rings. The average Bonchev–Trinajstić information content (AvgIpc) is 2.93. The second-order valence-electron chi connectivity index (χ2n) is 4.59. The summed E-state index contributed by atoms with van der Waals surface area (Å²) in [5.41, 5.74) is 1.45. The van der Waals surface area contributed by atoms with E-state index in [1.165, 1.54) is 29.0 Å². The minimum Gasteiger partial charge on any atom is -0.233 e. The van der Waals surface area contributed by atoms with E-state index in [-0.39, 0.29) is 11.3 Å². The molecule has 0 unspecified atom stereocenters. The molecule has 0 aliphatic carbocycles. The Bertz CT molecular complexity index is 961. The van der Waals surface area contributed by atoms with Crippen molar-refractivity contribution in [2.45, 2.75) is 0 Å². The van der Waals surface area contributed by atoms with Gasteiger partial charge >= 0.3 is 0 Å². The maximum atomic E-state index is 13.7. The Balaban J connectivity index is 1.99. The highest BCUT2D eigenvalue weighted by Gasteiger charge is 2.11. The predicted molar refractivity (Wildman–Crippen MR) is 73.6 cm³/mol. The first-order valence-electron chi connectivity index (χ1n) is 6.28. The van der Waals surface area contributed by atoms with Crippen LogP contribution in [0.25, 0.3) is 27.9 Å². The summed E-state index contributed by atoms with van der Waals surface area (Å²) in [5, 5.41) is 4.87. The minimum atomic E-state index is -0.402. The lowest BCUT2D eigenvalue weighted by Gasteiger charge is -1.98. The highest BCUT2D eigenvalue weighted by Crippen LogP contribution is 2.22. The summed E-state index contributed by atoms with van der Waals surface area (Å²) in [6.07, 6.45) is 1.42. The van der Waals surface area contributed by atoms with E-state index in [1.807, 2.05) is 0 Å². The Morgan fingerprint density at radius 1 is 0.952 bits per heavy atom. The molecule has 21 heavy (non-hydrogen) atoms. The molecule has 4 rings (SSSR count). The molecule has 0 N–H and O–H groups in total. The predicted octanol–water partition coefficient (Wildman–Crippen LogP) is 3.22. The summed E-state index contributed by atoms with van der Waals surface area (Å²) in [6.45, 7) is 0. The van der Waals surface area contributed by atoms with Crippen LogP contribution in [0.2, 0.25) is 0 Å². The molecule has 2 aromatic heterocycles. The summed E-state index contributed by atoms with van der Waals surface area (Å²) in [6, 6.07) is 10.6. The van der Waals surface area contributed by atoms with Crippen LogP contribution < -0.4 is 0 Å². The molecule has 0 radical (unpaired) electrons. The Morgan fingerprint density at radius 3 is 2.57 bits per heavy atom. The second-order valence-corrected chi connectivity index (χ2v) is 4.59. The fourth-order valence-electron chi connectivity index (χ4n) is 2.25. The Hall–Kier alpha value is -2.89. The molecule has 0 spiro atoms. The van der Waals surface area contributed by atoms with E-state index in [0.717, 1.165) is 0 Å². The highest BCUT2D eigenvalue weighted by molar-refractivity contribution is 5.91. The molecule has 0 saturated heterocycles. The first-order valence-corrected chi connectivity index (χ1v) is 6.28. The number of hydrogen-bond donors (Lipinski definition) is 0. The molecule has 102 valence electrons. The van der Waals surface area contributed by atoms with Gasteiger partial charge in [0.05, 0.1) is 0 Å². The first kappa shape index (κ1) is 11.9. The molecule has 0 atom stereocenters. The van der Waals surface area contributed by atoms with Crippen LogP contribution in [-0.4, -0.2) is 19.6 Å². The largest absolute Gasteiger partial charge is 0.233 e. The number of halogens is 2. The number of fused-ring (bicyclic) bond motifs is 3. The summed E-state index contributed by atoms with van der Waals surface area (Å²) in [5.74, 6) is -0.286. The molecule has 0 amide bonds. The second kappa shape index (κ2) is 4.31. The van der Waals surface area contributed by atoms with Gasteiger partial charge in [-0.25, -0.2) is 23.3 Å². The van der Waals surface area contributed by atoms with Crippen molar-refractivity contribution in [3.8, 4) is 11.4 Å². The molecular weight excluding hydrogens is 274 g/mol. The van der Waals surface area contributed by atoms with Crippen molar-refractivity contribution < 1.29 is 8.78 Å². The van der Waals surface area contributed by atoms with Crippen LogP contribution >= 0.6 is 0 Å². The Morgan fingerprint density at radius 2 is 1.76 bits per heavy atom. The van der Waals surface area contributed by atoms with E-state index in [4.69, 9.17) is 0 Å². The summed E-state index contributed by atoms with van der Waals surface area (Å²) >= 11 is 0. The van der Waals surface area contributed by atoms with Gasteiger partial charge < -0.3 is 0 Å². The van der Waals surface area contributed by atoms with Crippen molar-refractivity contribution in [3.05, 3.63) is 60.4 Å². The third-order valence-corrected chi connectivity index (χ3v) is 3.26. The third kappa shape index (κ3) is 1.84. The zero-order valence-electron chi connectivity index (χ0n) is 10.7. The topological polar surface area (TPSA) is 43.1 Å². The van der Waals surface area contributed by atoms with Crippen molar-refractivity contribution in [3.63, 3.8) is 0 Å². The van der Waals surface area contributed by atoms with Gasteiger partial charge in [0.15, 0.2) is 11.5 Å². The van der Waals surface area contributed by atoms with Gasteiger partial charge in [0.25, 0.3) is 0 Å². The highest BCUT2D eigenvalue weighted by atomic mass is 19.1. The number of rotatable bonds is 1. The quantitative estimate of drug-likeness (QED) is 0.538. The van der Waals surface area contributed by atoms with Crippen LogP contribution in [0, 0.1) is 11.6 Å². The van der Waals surface area contributed by atoms with E-state index in [9.17, 15) is 8.78 Å². The maximum Gasteiger partial charge on any atom is 0.182 e. The van der Waals surface area contributed by atoms with Gasteiger partial charge in [-0.05, 0) is 36.4 Å². The monoisotopic (exact) mass is 282 g/mol. The zero-order valence-corrected chi connectivity index (χ0v) is 10.7. The number of benzene rings is 2. The van der Waals surface area contributed by atoms with Crippen LogP contribution in [0.1, 0.15) is 0 Å². The lowest BCUT2D eigenvalue weighted by Crippen LogP contribution is -1.93. The van der Waals surface area contributed by atoms with Crippen LogP contribution in [0.15, 0.2) is 48.8 Å². The molecule has 6 heteroatoms. The van der Waals surface area contributed by atoms with Crippen LogP contribution in [-0.2, 0) is 0 Å². The fraction of sp³-hybridized carbons (Fsp3) is 0. The number of para-hydroxylation sites is 1. The Labute approximate surface area is 117 Å². The van der Waals surface area contributed by atoms with Crippen molar-refractivity contribution in [2.75, 3.05) is 0 Å². The molecule has 2 heterocycles. The smallest absolute Gasteiger partial charge is 0.182 e. The first-order chi connectivity index (χ1) is 10.2. The number of hydrogen-bond acceptors (Lipinski definition) is 3. The lowest BCUT2D eigenvalue weighted by atomic mass is 10.2. The zero-order chi connectivity index (χ0) is 14.4. The van der Waals surface area contributed by atoms with E-state index in [0.29, 0.717) is 22.4 Å².